The summed E-state index contributed by atoms with van der Waals surface area (Å²) in [5, 5.41) is 0. The summed E-state index contributed by atoms with van der Waals surface area (Å²) in [5.41, 5.74) is 6.63. The minimum Gasteiger partial charge on any atom is -0.377 e. The third-order valence-corrected chi connectivity index (χ3v) is 5.47. The van der Waals surface area contributed by atoms with Crippen molar-refractivity contribution in [3.05, 3.63) is 0 Å². The molecule has 1 heterocycles. The number of nitrogens with two attached hydrogens (primary N) is 1. The number of nitrogens with zero attached hydrogens (tertiary/aromatic N) is 1. The van der Waals surface area contributed by atoms with Gasteiger partial charge in [-0.2, -0.15) is 11.8 Å². The largest absolute Gasteiger partial charge is 0.377 e. The van der Waals surface area contributed by atoms with Gasteiger partial charge in [0.1, 0.15) is 0 Å². The summed E-state index contributed by atoms with van der Waals surface area (Å²) in [4.78, 5) is 2.42. The number of likely N-dealkylation sites (N-methyl/N-ethyl adjacent to an activating group) is 1. The summed E-state index contributed by atoms with van der Waals surface area (Å²) in [6, 6.07) is 0. The van der Waals surface area contributed by atoms with Crippen molar-refractivity contribution in [1.29, 1.82) is 0 Å². The fraction of sp³-hybridized carbons (Fsp3) is 1.00. The number of hydrogen-bond donors (Lipinski definition) is 1. The van der Waals surface area contributed by atoms with Gasteiger partial charge in [-0.05, 0) is 38.5 Å². The highest BCUT2D eigenvalue weighted by molar-refractivity contribution is 7.99. The van der Waals surface area contributed by atoms with Crippen LogP contribution in [0.1, 0.15) is 34.1 Å². The normalized spacial score (nSPS) is 28.0. The van der Waals surface area contributed by atoms with Gasteiger partial charge in [0.15, 0.2) is 0 Å². The molecule has 0 aromatic rings. The molecule has 1 rings (SSSR count). The van der Waals surface area contributed by atoms with E-state index in [9.17, 15) is 0 Å². The van der Waals surface area contributed by atoms with Gasteiger partial charge in [-0.3, -0.25) is 4.90 Å². The summed E-state index contributed by atoms with van der Waals surface area (Å²) >= 11 is 2.04. The molecule has 18 heavy (non-hydrogen) atoms. The van der Waals surface area contributed by atoms with Gasteiger partial charge in [0.25, 0.3) is 0 Å². The standard InChI is InChI=1S/C14H30N2OS/c1-12(2)17-7-6-16(5)14(9-15)8-13(3,4)10-18-11-14/h12H,6-11,15H2,1-5H3. The molecule has 4 heteroatoms. The van der Waals surface area contributed by atoms with E-state index in [2.05, 4.69) is 39.6 Å². The van der Waals surface area contributed by atoms with Gasteiger partial charge in [-0.15, -0.1) is 0 Å². The molecule has 2 N–H and O–H groups in total. The Bertz CT molecular complexity index is 258. The highest BCUT2D eigenvalue weighted by atomic mass is 32.2. The molecular weight excluding hydrogens is 244 g/mol. The molecule has 1 unspecified atom stereocenters. The van der Waals surface area contributed by atoms with E-state index in [0.717, 1.165) is 25.4 Å². The van der Waals surface area contributed by atoms with Crippen LogP contribution in [0, 0.1) is 5.41 Å². The van der Waals surface area contributed by atoms with Crippen LogP contribution in [0.3, 0.4) is 0 Å². The lowest BCUT2D eigenvalue weighted by Crippen LogP contribution is -2.59. The van der Waals surface area contributed by atoms with Crippen molar-refractivity contribution in [2.45, 2.75) is 45.8 Å². The summed E-state index contributed by atoms with van der Waals surface area (Å²) in [6.07, 6.45) is 1.49. The number of rotatable bonds is 6. The summed E-state index contributed by atoms with van der Waals surface area (Å²) in [7, 11) is 2.19. The molecular formula is C14H30N2OS. The minimum atomic E-state index is 0.146. The van der Waals surface area contributed by atoms with Crippen molar-refractivity contribution in [1.82, 2.24) is 4.90 Å². The van der Waals surface area contributed by atoms with E-state index in [4.69, 9.17) is 10.5 Å². The van der Waals surface area contributed by atoms with E-state index in [-0.39, 0.29) is 5.54 Å². The minimum absolute atomic E-state index is 0.146. The molecule has 0 aromatic carbocycles. The zero-order valence-electron chi connectivity index (χ0n) is 12.7. The van der Waals surface area contributed by atoms with Crippen LogP contribution in [0.4, 0.5) is 0 Å². The molecule has 0 bridgehead atoms. The van der Waals surface area contributed by atoms with E-state index in [1.54, 1.807) is 0 Å². The van der Waals surface area contributed by atoms with Gasteiger partial charge in [-0.25, -0.2) is 0 Å². The maximum Gasteiger partial charge on any atom is 0.0597 e. The Balaban J connectivity index is 2.57. The molecule has 1 aliphatic heterocycles. The van der Waals surface area contributed by atoms with Crippen LogP contribution in [0.2, 0.25) is 0 Å². The molecule has 1 fully saturated rings. The summed E-state index contributed by atoms with van der Waals surface area (Å²) < 4.78 is 5.66. The van der Waals surface area contributed by atoms with E-state index >= 15 is 0 Å². The van der Waals surface area contributed by atoms with Gasteiger partial charge in [0.05, 0.1) is 12.7 Å². The first-order valence-corrected chi connectivity index (χ1v) is 8.07. The van der Waals surface area contributed by atoms with Crippen molar-refractivity contribution in [3.8, 4) is 0 Å². The van der Waals surface area contributed by atoms with Gasteiger partial charge in [0.2, 0.25) is 0 Å². The van der Waals surface area contributed by atoms with E-state index in [1.807, 2.05) is 11.8 Å². The first-order valence-electron chi connectivity index (χ1n) is 6.92. The Kier molecular flexibility index (Phi) is 5.97. The third-order valence-electron chi connectivity index (χ3n) is 3.74. The lowest BCUT2D eigenvalue weighted by molar-refractivity contribution is 0.0275. The molecule has 0 saturated carbocycles. The molecule has 1 saturated heterocycles. The number of hydrogen-bond acceptors (Lipinski definition) is 4. The predicted octanol–water partition coefficient (Wildman–Crippen LogP) is 2.20. The van der Waals surface area contributed by atoms with Crippen molar-refractivity contribution >= 4 is 11.8 Å². The average Bonchev–Trinajstić information content (AvgIpc) is 2.26. The van der Waals surface area contributed by atoms with Gasteiger partial charge in [0, 0.05) is 24.4 Å². The Hall–Kier alpha value is 0.230. The van der Waals surface area contributed by atoms with Crippen molar-refractivity contribution in [3.63, 3.8) is 0 Å². The van der Waals surface area contributed by atoms with Crippen LogP contribution in [0.25, 0.3) is 0 Å². The van der Waals surface area contributed by atoms with Crippen molar-refractivity contribution in [2.24, 2.45) is 11.1 Å². The quantitative estimate of drug-likeness (QED) is 0.806. The first kappa shape index (κ1) is 16.3. The number of ether oxygens (including phenoxy) is 1. The molecule has 108 valence electrons. The number of thioether (sulfide) groups is 1. The molecule has 0 spiro atoms. The second-order valence-corrected chi connectivity index (χ2v) is 7.59. The van der Waals surface area contributed by atoms with Crippen LogP contribution in [0.5, 0.6) is 0 Å². The van der Waals surface area contributed by atoms with Gasteiger partial charge >= 0.3 is 0 Å². The highest BCUT2D eigenvalue weighted by Crippen LogP contribution is 2.41. The third kappa shape index (κ3) is 4.41. The lowest BCUT2D eigenvalue weighted by Gasteiger charge is -2.49. The molecule has 0 radical (unpaired) electrons. The lowest BCUT2D eigenvalue weighted by atomic mass is 9.79. The van der Waals surface area contributed by atoms with Crippen molar-refractivity contribution < 1.29 is 4.74 Å². The fourth-order valence-corrected chi connectivity index (χ4v) is 4.28. The molecule has 1 atom stereocenters. The monoisotopic (exact) mass is 274 g/mol. The van der Waals surface area contributed by atoms with E-state index in [0.29, 0.717) is 11.5 Å². The van der Waals surface area contributed by atoms with Crippen LogP contribution < -0.4 is 5.73 Å². The Morgan fingerprint density at radius 1 is 1.33 bits per heavy atom. The maximum absolute atomic E-state index is 6.10. The molecule has 0 aliphatic carbocycles. The van der Waals surface area contributed by atoms with Crippen molar-refractivity contribution in [2.75, 3.05) is 38.2 Å². The first-order chi connectivity index (χ1) is 8.31. The maximum atomic E-state index is 6.10. The highest BCUT2D eigenvalue weighted by Gasteiger charge is 2.42. The summed E-state index contributed by atoms with van der Waals surface area (Å²) in [6.45, 7) is 11.4. The Morgan fingerprint density at radius 3 is 2.50 bits per heavy atom. The second-order valence-electron chi connectivity index (χ2n) is 6.60. The van der Waals surface area contributed by atoms with Crippen LogP contribution in [0.15, 0.2) is 0 Å². The van der Waals surface area contributed by atoms with Crippen LogP contribution >= 0.6 is 11.8 Å². The van der Waals surface area contributed by atoms with E-state index in [1.165, 1.54) is 12.2 Å². The van der Waals surface area contributed by atoms with Gasteiger partial charge in [-0.1, -0.05) is 13.8 Å². The fourth-order valence-electron chi connectivity index (χ4n) is 2.70. The Morgan fingerprint density at radius 2 is 2.00 bits per heavy atom. The van der Waals surface area contributed by atoms with Crippen LogP contribution in [-0.2, 0) is 4.74 Å². The zero-order valence-corrected chi connectivity index (χ0v) is 13.5. The zero-order chi connectivity index (χ0) is 13.8. The molecule has 3 nitrogen and oxygen atoms in total. The molecule has 0 amide bonds. The van der Waals surface area contributed by atoms with E-state index < -0.39 is 0 Å². The SMILES string of the molecule is CC(C)OCCN(C)C1(CN)CSCC(C)(C)C1. The second kappa shape index (κ2) is 6.60. The molecule has 0 aromatic heterocycles. The topological polar surface area (TPSA) is 38.5 Å². The summed E-state index contributed by atoms with van der Waals surface area (Å²) in [5.74, 6) is 2.39. The Labute approximate surface area is 117 Å². The average molecular weight is 274 g/mol. The van der Waals surface area contributed by atoms with Gasteiger partial charge < -0.3 is 10.5 Å². The predicted molar refractivity (Wildman–Crippen MR) is 81.2 cm³/mol. The smallest absolute Gasteiger partial charge is 0.0597 e. The van der Waals surface area contributed by atoms with Crippen LogP contribution in [-0.4, -0.2) is 54.8 Å². The molecule has 1 aliphatic rings.